The second kappa shape index (κ2) is 8.40. The minimum atomic E-state index is -0.622. The van der Waals surface area contributed by atoms with Crippen LogP contribution in [-0.2, 0) is 6.54 Å². The van der Waals surface area contributed by atoms with E-state index in [-0.39, 0.29) is 34.3 Å². The first-order chi connectivity index (χ1) is 16.4. The predicted molar refractivity (Wildman–Crippen MR) is 125 cm³/mol. The van der Waals surface area contributed by atoms with Crippen LogP contribution in [0.5, 0.6) is 5.75 Å². The van der Waals surface area contributed by atoms with Crippen molar-refractivity contribution < 1.29 is 9.13 Å². The molecule has 0 radical (unpaired) electrons. The number of nitrogens with zero attached hydrogens (tertiary/aromatic N) is 6. The highest BCUT2D eigenvalue weighted by molar-refractivity contribution is 7.22. The smallest absolute Gasteiger partial charge is 0.337 e. The lowest BCUT2D eigenvalue weighted by Gasteiger charge is -2.11. The number of thiophene rings is 1. The van der Waals surface area contributed by atoms with Crippen LogP contribution in [0.4, 0.5) is 4.39 Å². The van der Waals surface area contributed by atoms with Crippen LogP contribution in [0.15, 0.2) is 52.6 Å². The minimum Gasteiger partial charge on any atom is -0.494 e. The van der Waals surface area contributed by atoms with E-state index in [0.29, 0.717) is 21.6 Å². The Kier molecular flexibility index (Phi) is 5.39. The zero-order chi connectivity index (χ0) is 24.0. The van der Waals surface area contributed by atoms with Gasteiger partial charge in [0.2, 0.25) is 0 Å². The predicted octanol–water partition coefficient (Wildman–Crippen LogP) is 3.64. The van der Waals surface area contributed by atoms with Gasteiger partial charge in [0.25, 0.3) is 5.56 Å². The Labute approximate surface area is 199 Å². The van der Waals surface area contributed by atoms with Gasteiger partial charge in [-0.05, 0) is 18.2 Å². The summed E-state index contributed by atoms with van der Waals surface area (Å²) >= 11 is 7.40. The van der Waals surface area contributed by atoms with Gasteiger partial charge in [0, 0.05) is 29.4 Å². The van der Waals surface area contributed by atoms with Crippen molar-refractivity contribution in [3.05, 3.63) is 74.7 Å². The Morgan fingerprint density at radius 1 is 1.26 bits per heavy atom. The second-order valence-corrected chi connectivity index (χ2v) is 8.65. The van der Waals surface area contributed by atoms with Crippen molar-refractivity contribution >= 4 is 38.8 Å². The minimum absolute atomic E-state index is 0.00556. The van der Waals surface area contributed by atoms with Crippen molar-refractivity contribution in [1.82, 2.24) is 23.5 Å². The Morgan fingerprint density at radius 2 is 2.09 bits per heavy atom. The van der Waals surface area contributed by atoms with Crippen LogP contribution in [0, 0.1) is 17.1 Å². The van der Waals surface area contributed by atoms with Crippen LogP contribution in [-0.4, -0.2) is 30.6 Å². The lowest BCUT2D eigenvalue weighted by atomic mass is 10.1. The van der Waals surface area contributed by atoms with Gasteiger partial charge in [-0.25, -0.2) is 18.7 Å². The third-order valence-corrected chi connectivity index (χ3v) is 6.76. The van der Waals surface area contributed by atoms with Crippen LogP contribution in [0.1, 0.15) is 6.42 Å². The molecule has 0 atom stereocenters. The molecule has 170 valence electrons. The number of aryl methyl sites for hydroxylation is 1. The number of benzene rings is 1. The Balaban J connectivity index is 1.84. The molecule has 12 heteroatoms. The number of halogens is 2. The molecule has 4 heterocycles. The first kappa shape index (κ1) is 21.8. The molecule has 0 aliphatic heterocycles. The average molecular weight is 497 g/mol. The zero-order valence-corrected chi connectivity index (χ0v) is 19.1. The molecule has 4 aromatic heterocycles. The fraction of sp³-hybridized carbons (Fsp3) is 0.136. The molecule has 1 aromatic carbocycles. The highest BCUT2D eigenvalue weighted by Gasteiger charge is 2.21. The Bertz CT molecular complexity index is 1750. The topological polar surface area (TPSA) is 107 Å². The molecule has 0 fully saturated rings. The van der Waals surface area contributed by atoms with Gasteiger partial charge >= 0.3 is 5.69 Å². The van der Waals surface area contributed by atoms with Crippen molar-refractivity contribution in [1.29, 1.82) is 5.26 Å². The molecule has 0 N–H and O–H groups in total. The van der Waals surface area contributed by atoms with Gasteiger partial charge in [-0.3, -0.25) is 18.7 Å². The van der Waals surface area contributed by atoms with Gasteiger partial charge in [0.05, 0.1) is 42.5 Å². The number of hydrogen-bond acceptors (Lipinski definition) is 7. The number of imidazole rings is 1. The van der Waals surface area contributed by atoms with Crippen molar-refractivity contribution in [3.63, 3.8) is 0 Å². The monoisotopic (exact) mass is 496 g/mol. The molecule has 0 spiro atoms. The third-order valence-electron chi connectivity index (χ3n) is 5.30. The summed E-state index contributed by atoms with van der Waals surface area (Å²) in [5.74, 6) is -0.408. The molecule has 0 saturated carbocycles. The standard InChI is InChI=1S/C22H14ClFN6O3S/c1-33-16-7-12(13(23)8-14(16)24)17-9-15-20(34-17)21(31)30(22(32)28(15)5-2-3-25)19-11-26-10-18-27-4-6-29(18)19/h4,6-11H,2,5H2,1H3. The fourth-order valence-electron chi connectivity index (χ4n) is 3.74. The van der Waals surface area contributed by atoms with Gasteiger partial charge < -0.3 is 4.74 Å². The van der Waals surface area contributed by atoms with E-state index in [1.807, 2.05) is 6.07 Å². The lowest BCUT2D eigenvalue weighted by Crippen LogP contribution is -2.39. The van der Waals surface area contributed by atoms with E-state index in [1.165, 1.54) is 36.3 Å². The van der Waals surface area contributed by atoms with Gasteiger partial charge in [0.15, 0.2) is 17.2 Å². The summed E-state index contributed by atoms with van der Waals surface area (Å²) < 4.78 is 23.3. The van der Waals surface area contributed by atoms with Crippen LogP contribution in [0.25, 0.3) is 32.1 Å². The number of fused-ring (bicyclic) bond motifs is 2. The molecule has 0 bridgehead atoms. The maximum Gasteiger partial charge on any atom is 0.337 e. The first-order valence-electron chi connectivity index (χ1n) is 9.91. The highest BCUT2D eigenvalue weighted by atomic mass is 35.5. The van der Waals surface area contributed by atoms with E-state index < -0.39 is 17.1 Å². The molecule has 0 saturated heterocycles. The summed E-state index contributed by atoms with van der Waals surface area (Å²) in [6.07, 6.45) is 6.11. The van der Waals surface area contributed by atoms with Crippen molar-refractivity contribution in [3.8, 4) is 28.1 Å². The number of rotatable bonds is 5. The van der Waals surface area contributed by atoms with Crippen molar-refractivity contribution in [2.45, 2.75) is 13.0 Å². The largest absolute Gasteiger partial charge is 0.494 e. The quantitative estimate of drug-likeness (QED) is 0.367. The molecule has 0 unspecified atom stereocenters. The SMILES string of the molecule is COc1cc(-c2cc3c(s2)c(=O)n(-c2cncc4nccn24)c(=O)n3CCC#N)c(Cl)cc1F. The molecule has 34 heavy (non-hydrogen) atoms. The highest BCUT2D eigenvalue weighted by Crippen LogP contribution is 2.38. The maximum absolute atomic E-state index is 14.1. The first-order valence-corrected chi connectivity index (χ1v) is 11.1. The summed E-state index contributed by atoms with van der Waals surface area (Å²) in [6, 6.07) is 6.23. The molecule has 9 nitrogen and oxygen atoms in total. The van der Waals surface area contributed by atoms with E-state index in [0.717, 1.165) is 22.0 Å². The molecule has 0 amide bonds. The third kappa shape index (κ3) is 3.35. The fourth-order valence-corrected chi connectivity index (χ4v) is 5.17. The summed E-state index contributed by atoms with van der Waals surface area (Å²) in [6.45, 7) is 0.0656. The van der Waals surface area contributed by atoms with Crippen LogP contribution in [0.3, 0.4) is 0 Å². The molecule has 0 aliphatic rings. The Morgan fingerprint density at radius 3 is 2.85 bits per heavy atom. The zero-order valence-electron chi connectivity index (χ0n) is 17.5. The molecule has 0 aliphatic carbocycles. The van der Waals surface area contributed by atoms with Crippen LogP contribution in [0.2, 0.25) is 5.02 Å². The van der Waals surface area contributed by atoms with E-state index in [4.69, 9.17) is 21.6 Å². The van der Waals surface area contributed by atoms with Gasteiger partial charge in [-0.1, -0.05) is 11.6 Å². The lowest BCUT2D eigenvalue weighted by molar-refractivity contribution is 0.387. The number of aromatic nitrogens is 5. The molecular formula is C22H14ClFN6O3S. The number of nitriles is 1. The van der Waals surface area contributed by atoms with Crippen molar-refractivity contribution in [2.75, 3.05) is 7.11 Å². The van der Waals surface area contributed by atoms with E-state index in [1.54, 1.807) is 16.7 Å². The summed E-state index contributed by atoms with van der Waals surface area (Å²) in [7, 11) is 1.34. The number of hydrogen-bond donors (Lipinski definition) is 0. The summed E-state index contributed by atoms with van der Waals surface area (Å²) in [5.41, 5.74) is 0.0846. The Hall–Kier alpha value is -4.01. The molecular weight excluding hydrogens is 483 g/mol. The summed E-state index contributed by atoms with van der Waals surface area (Å²) in [4.78, 5) is 35.9. The van der Waals surface area contributed by atoms with Crippen molar-refractivity contribution in [2.24, 2.45) is 0 Å². The van der Waals surface area contributed by atoms with E-state index in [2.05, 4.69) is 9.97 Å². The van der Waals surface area contributed by atoms with Gasteiger partial charge in [-0.15, -0.1) is 11.3 Å². The normalized spacial score (nSPS) is 11.2. The van der Waals surface area contributed by atoms with E-state index in [9.17, 15) is 14.0 Å². The molecule has 5 rings (SSSR count). The van der Waals surface area contributed by atoms with Gasteiger partial charge in [-0.2, -0.15) is 5.26 Å². The van der Waals surface area contributed by atoms with Crippen LogP contribution < -0.4 is 16.0 Å². The van der Waals surface area contributed by atoms with Crippen LogP contribution >= 0.6 is 22.9 Å². The summed E-state index contributed by atoms with van der Waals surface area (Å²) in [5, 5.41) is 9.26. The second-order valence-electron chi connectivity index (χ2n) is 7.20. The van der Waals surface area contributed by atoms with Gasteiger partial charge in [0.1, 0.15) is 10.5 Å². The number of ether oxygens (including phenoxy) is 1. The average Bonchev–Trinajstić information content (AvgIpc) is 3.47. The number of methoxy groups -OCH3 is 1. The van der Waals surface area contributed by atoms with E-state index >= 15 is 0 Å². The maximum atomic E-state index is 14.1. The molecule has 5 aromatic rings.